The standard InChI is InChI=1S/C5H9NO.C3H8/c1-5(2-6-1)3-7-4-5;1-3-2/h6H,1-4H2;3H2,1-2H3. The van der Waals surface area contributed by atoms with Crippen LogP contribution in [0.3, 0.4) is 0 Å². The number of rotatable bonds is 0. The number of hydrogen-bond donors (Lipinski definition) is 1. The first-order chi connectivity index (χ1) is 4.83. The summed E-state index contributed by atoms with van der Waals surface area (Å²) in [5.74, 6) is 0. The van der Waals surface area contributed by atoms with E-state index >= 15 is 0 Å². The van der Waals surface area contributed by atoms with Gasteiger partial charge in [0, 0.05) is 18.5 Å². The van der Waals surface area contributed by atoms with Crippen molar-refractivity contribution in [3.63, 3.8) is 0 Å². The van der Waals surface area contributed by atoms with Crippen LogP contribution in [0.5, 0.6) is 0 Å². The highest BCUT2D eigenvalue weighted by atomic mass is 16.5. The molecule has 10 heavy (non-hydrogen) atoms. The van der Waals surface area contributed by atoms with Gasteiger partial charge in [0.2, 0.25) is 0 Å². The third kappa shape index (κ3) is 1.50. The zero-order valence-corrected chi connectivity index (χ0v) is 6.94. The molecular weight excluding hydrogens is 126 g/mol. The Balaban J connectivity index is 0.000000148. The Hall–Kier alpha value is -0.0800. The molecular formula is C8H17NO. The van der Waals surface area contributed by atoms with Crippen molar-refractivity contribution in [2.75, 3.05) is 26.3 Å². The first-order valence-electron chi connectivity index (χ1n) is 4.11. The molecule has 2 rings (SSSR count). The van der Waals surface area contributed by atoms with Gasteiger partial charge < -0.3 is 10.1 Å². The number of nitrogens with one attached hydrogen (secondary N) is 1. The molecule has 0 atom stereocenters. The quantitative estimate of drug-likeness (QED) is 0.546. The lowest BCUT2D eigenvalue weighted by molar-refractivity contribution is -0.139. The number of hydrogen-bond acceptors (Lipinski definition) is 2. The van der Waals surface area contributed by atoms with Crippen molar-refractivity contribution in [3.8, 4) is 0 Å². The molecule has 1 N–H and O–H groups in total. The van der Waals surface area contributed by atoms with Crippen molar-refractivity contribution in [2.24, 2.45) is 5.41 Å². The second kappa shape index (κ2) is 3.35. The Morgan fingerprint density at radius 3 is 1.80 bits per heavy atom. The average molecular weight is 143 g/mol. The number of ether oxygens (including phenoxy) is 1. The van der Waals surface area contributed by atoms with Crippen LogP contribution in [0.2, 0.25) is 0 Å². The molecule has 2 heteroatoms. The summed E-state index contributed by atoms with van der Waals surface area (Å²) in [6.45, 7) is 8.62. The highest BCUT2D eigenvalue weighted by Gasteiger charge is 2.43. The van der Waals surface area contributed by atoms with Gasteiger partial charge in [0.1, 0.15) is 0 Å². The van der Waals surface area contributed by atoms with E-state index < -0.39 is 0 Å². The lowest BCUT2D eigenvalue weighted by Gasteiger charge is -2.48. The van der Waals surface area contributed by atoms with E-state index in [2.05, 4.69) is 19.2 Å². The van der Waals surface area contributed by atoms with Crippen LogP contribution >= 0.6 is 0 Å². The van der Waals surface area contributed by atoms with Crippen LogP contribution in [0.25, 0.3) is 0 Å². The Morgan fingerprint density at radius 2 is 1.80 bits per heavy atom. The molecule has 0 aromatic carbocycles. The van der Waals surface area contributed by atoms with Crippen molar-refractivity contribution < 1.29 is 4.74 Å². The van der Waals surface area contributed by atoms with E-state index in [0.29, 0.717) is 5.41 Å². The van der Waals surface area contributed by atoms with Gasteiger partial charge in [0.15, 0.2) is 0 Å². The lowest BCUT2D eigenvalue weighted by Crippen LogP contribution is -2.64. The first kappa shape index (κ1) is 8.02. The Bertz CT molecular complexity index is 79.9. The van der Waals surface area contributed by atoms with E-state index in [9.17, 15) is 0 Å². The average Bonchev–Trinajstić information content (AvgIpc) is 1.57. The van der Waals surface area contributed by atoms with Gasteiger partial charge >= 0.3 is 0 Å². The minimum Gasteiger partial charge on any atom is -0.380 e. The predicted octanol–water partition coefficient (Wildman–Crippen LogP) is 1.02. The van der Waals surface area contributed by atoms with Crippen LogP contribution in [0.15, 0.2) is 0 Å². The van der Waals surface area contributed by atoms with Crippen LogP contribution in [0.4, 0.5) is 0 Å². The molecule has 0 radical (unpaired) electrons. The van der Waals surface area contributed by atoms with Crippen molar-refractivity contribution in [1.82, 2.24) is 5.32 Å². The van der Waals surface area contributed by atoms with Crippen molar-refractivity contribution in [3.05, 3.63) is 0 Å². The molecule has 2 fully saturated rings. The van der Waals surface area contributed by atoms with Crippen LogP contribution in [-0.2, 0) is 4.74 Å². The molecule has 0 unspecified atom stereocenters. The second-order valence-electron chi connectivity index (χ2n) is 3.30. The van der Waals surface area contributed by atoms with E-state index in [1.54, 1.807) is 0 Å². The molecule has 0 aromatic rings. The third-order valence-electron chi connectivity index (χ3n) is 1.82. The minimum atomic E-state index is 0.611. The molecule has 0 aliphatic carbocycles. The van der Waals surface area contributed by atoms with E-state index in [1.165, 1.54) is 19.5 Å². The molecule has 0 aromatic heterocycles. The molecule has 0 saturated carbocycles. The predicted molar refractivity (Wildman–Crippen MR) is 42.1 cm³/mol. The monoisotopic (exact) mass is 143 g/mol. The van der Waals surface area contributed by atoms with Gasteiger partial charge in [-0.2, -0.15) is 0 Å². The van der Waals surface area contributed by atoms with E-state index in [4.69, 9.17) is 4.74 Å². The fourth-order valence-electron chi connectivity index (χ4n) is 1.07. The maximum Gasteiger partial charge on any atom is 0.0569 e. The second-order valence-corrected chi connectivity index (χ2v) is 3.30. The van der Waals surface area contributed by atoms with Gasteiger partial charge in [-0.05, 0) is 0 Å². The summed E-state index contributed by atoms with van der Waals surface area (Å²) in [6.07, 6.45) is 1.25. The third-order valence-corrected chi connectivity index (χ3v) is 1.82. The van der Waals surface area contributed by atoms with Crippen LogP contribution in [-0.4, -0.2) is 26.3 Å². The Kier molecular flexibility index (Phi) is 2.69. The summed E-state index contributed by atoms with van der Waals surface area (Å²) in [6, 6.07) is 0. The molecule has 2 aliphatic rings. The normalized spacial score (nSPS) is 25.8. The van der Waals surface area contributed by atoms with E-state index in [0.717, 1.165) is 13.2 Å². The fourth-order valence-corrected chi connectivity index (χ4v) is 1.07. The molecule has 2 heterocycles. The summed E-state index contributed by atoms with van der Waals surface area (Å²) < 4.78 is 5.04. The molecule has 60 valence electrons. The zero-order chi connectivity index (χ0) is 7.45. The maximum absolute atomic E-state index is 5.04. The van der Waals surface area contributed by atoms with E-state index in [1.807, 2.05) is 0 Å². The largest absolute Gasteiger partial charge is 0.380 e. The summed E-state index contributed by atoms with van der Waals surface area (Å²) in [5, 5.41) is 3.22. The van der Waals surface area contributed by atoms with Gasteiger partial charge in [0.05, 0.1) is 13.2 Å². The van der Waals surface area contributed by atoms with Gasteiger partial charge in [-0.3, -0.25) is 0 Å². The van der Waals surface area contributed by atoms with Crippen molar-refractivity contribution >= 4 is 0 Å². The smallest absolute Gasteiger partial charge is 0.0569 e. The summed E-state index contributed by atoms with van der Waals surface area (Å²) in [4.78, 5) is 0. The molecule has 0 bridgehead atoms. The first-order valence-corrected chi connectivity index (χ1v) is 4.11. The SMILES string of the molecule is C1NCC12COC2.CCC. The van der Waals surface area contributed by atoms with Crippen LogP contribution in [0, 0.1) is 5.41 Å². The molecule has 0 amide bonds. The van der Waals surface area contributed by atoms with Gasteiger partial charge in [-0.1, -0.05) is 20.3 Å². The summed E-state index contributed by atoms with van der Waals surface area (Å²) >= 11 is 0. The van der Waals surface area contributed by atoms with Crippen LogP contribution < -0.4 is 5.32 Å². The molecule has 1 spiro atoms. The van der Waals surface area contributed by atoms with Gasteiger partial charge in [-0.15, -0.1) is 0 Å². The maximum atomic E-state index is 5.04. The topological polar surface area (TPSA) is 21.3 Å². The Morgan fingerprint density at radius 1 is 1.30 bits per heavy atom. The molecule has 2 saturated heterocycles. The molecule has 2 aliphatic heterocycles. The van der Waals surface area contributed by atoms with E-state index in [-0.39, 0.29) is 0 Å². The summed E-state index contributed by atoms with van der Waals surface area (Å²) in [5.41, 5.74) is 0.611. The fraction of sp³-hybridized carbons (Fsp3) is 1.00. The van der Waals surface area contributed by atoms with Gasteiger partial charge in [-0.25, -0.2) is 0 Å². The van der Waals surface area contributed by atoms with Gasteiger partial charge in [0.25, 0.3) is 0 Å². The highest BCUT2D eigenvalue weighted by Crippen LogP contribution is 2.30. The molecule has 2 nitrogen and oxygen atoms in total. The lowest BCUT2D eigenvalue weighted by atomic mass is 9.80. The Labute approximate surface area is 63.0 Å². The van der Waals surface area contributed by atoms with Crippen LogP contribution in [0.1, 0.15) is 20.3 Å². The van der Waals surface area contributed by atoms with Crippen molar-refractivity contribution in [1.29, 1.82) is 0 Å². The zero-order valence-electron chi connectivity index (χ0n) is 6.94. The highest BCUT2D eigenvalue weighted by molar-refractivity contribution is 4.96. The van der Waals surface area contributed by atoms with Crippen molar-refractivity contribution in [2.45, 2.75) is 20.3 Å². The summed E-state index contributed by atoms with van der Waals surface area (Å²) in [7, 11) is 0. The minimum absolute atomic E-state index is 0.611.